The third-order valence-electron chi connectivity index (χ3n) is 5.60. The molecule has 0 aliphatic heterocycles. The van der Waals surface area contributed by atoms with E-state index in [-0.39, 0.29) is 11.3 Å². The first kappa shape index (κ1) is 21.9. The minimum Gasteiger partial charge on any atom is -0.338 e. The summed E-state index contributed by atoms with van der Waals surface area (Å²) in [5.74, 6) is -0.0880. The molecule has 1 aliphatic rings. The van der Waals surface area contributed by atoms with Gasteiger partial charge in [-0.25, -0.2) is 12.8 Å². The van der Waals surface area contributed by atoms with Crippen molar-refractivity contribution in [1.82, 2.24) is 14.3 Å². The van der Waals surface area contributed by atoms with Gasteiger partial charge in [-0.3, -0.25) is 4.98 Å². The number of aryl methyl sites for hydroxylation is 1. The molecule has 2 aromatic heterocycles. The molecule has 6 nitrogen and oxygen atoms in total. The molecule has 174 valence electrons. The molecule has 0 radical (unpaired) electrons. The van der Waals surface area contributed by atoms with Crippen LogP contribution in [0.5, 0.6) is 0 Å². The average Bonchev–Trinajstić information content (AvgIpc) is 3.50. The number of hydrogen-bond acceptors (Lipinski definition) is 4. The summed E-state index contributed by atoms with van der Waals surface area (Å²) in [5, 5.41) is 10.2. The van der Waals surface area contributed by atoms with Gasteiger partial charge in [0, 0.05) is 18.1 Å². The van der Waals surface area contributed by atoms with Crippen molar-refractivity contribution in [2.24, 2.45) is 5.92 Å². The summed E-state index contributed by atoms with van der Waals surface area (Å²) in [6.45, 7) is 2.56. The van der Waals surface area contributed by atoms with Crippen LogP contribution in [0.2, 0.25) is 0 Å². The second kappa shape index (κ2) is 8.11. The highest BCUT2D eigenvalue weighted by molar-refractivity contribution is 7.89. The van der Waals surface area contributed by atoms with Gasteiger partial charge in [0.2, 0.25) is 10.0 Å². The first-order valence-corrected chi connectivity index (χ1v) is 11.5. The lowest BCUT2D eigenvalue weighted by Crippen LogP contribution is -2.42. The molecule has 0 spiro atoms. The van der Waals surface area contributed by atoms with Gasteiger partial charge in [0.25, 0.3) is 0 Å². The van der Waals surface area contributed by atoms with Gasteiger partial charge in [-0.1, -0.05) is 0 Å². The van der Waals surface area contributed by atoms with Crippen LogP contribution >= 0.6 is 0 Å². The monoisotopic (exact) mass is 481 g/mol. The Balaban J connectivity index is 1.81. The molecule has 4 rings (SSSR count). The number of pyridine rings is 1. The number of alkyl halides is 3. The van der Waals surface area contributed by atoms with E-state index in [0.29, 0.717) is 41.5 Å². The van der Waals surface area contributed by atoms with Crippen molar-refractivity contribution in [3.63, 3.8) is 0 Å². The maximum atomic E-state index is 14.3. The average molecular weight is 481 g/mol. The summed E-state index contributed by atoms with van der Waals surface area (Å²) in [6, 6.07) is 3.92. The van der Waals surface area contributed by atoms with Crippen molar-refractivity contribution >= 4 is 20.9 Å². The Morgan fingerprint density at radius 1 is 1.36 bits per heavy atom. The standard InChI is InChI=1S/C22H20F4N4O2S/c1-12-7-20-16(8-18(12)23)17(9-27)21(30(20)11-14-3-4-14)19-6-5-15(10-28-19)33(31,32)29-13(2)22(24,25)26/h5-8,10,13-14,29H,3-4,11H2,1-2H3/i13D. The first-order valence-electron chi connectivity index (χ1n) is 10.5. The van der Waals surface area contributed by atoms with Gasteiger partial charge in [-0.05, 0) is 62.4 Å². The third kappa shape index (κ3) is 4.45. The largest absolute Gasteiger partial charge is 0.404 e. The summed E-state index contributed by atoms with van der Waals surface area (Å²) in [4.78, 5) is 3.55. The summed E-state index contributed by atoms with van der Waals surface area (Å²) >= 11 is 0. The van der Waals surface area contributed by atoms with Crippen LogP contribution in [0.25, 0.3) is 22.3 Å². The van der Waals surface area contributed by atoms with E-state index >= 15 is 0 Å². The molecule has 1 atom stereocenters. The molecule has 1 saturated carbocycles. The number of fused-ring (bicyclic) bond motifs is 1. The molecule has 3 aromatic rings. The number of aromatic nitrogens is 2. The number of sulfonamides is 1. The van der Waals surface area contributed by atoms with Crippen LogP contribution in [0, 0.1) is 30.0 Å². The molecule has 1 unspecified atom stereocenters. The topological polar surface area (TPSA) is 87.8 Å². The van der Waals surface area contributed by atoms with Crippen molar-refractivity contribution in [2.75, 3.05) is 0 Å². The normalized spacial score (nSPS) is 16.9. The fourth-order valence-electron chi connectivity index (χ4n) is 3.60. The minimum atomic E-state index is -5.13. The Labute approximate surface area is 189 Å². The van der Waals surface area contributed by atoms with Crippen LogP contribution in [-0.2, 0) is 16.6 Å². The van der Waals surface area contributed by atoms with Crippen LogP contribution in [0.15, 0.2) is 35.4 Å². The summed E-state index contributed by atoms with van der Waals surface area (Å²) in [5.41, 5.74) is 1.82. The van der Waals surface area contributed by atoms with Crippen molar-refractivity contribution in [3.8, 4) is 17.5 Å². The number of nitrogens with one attached hydrogen (secondary N) is 1. The molecular weight excluding hydrogens is 460 g/mol. The van der Waals surface area contributed by atoms with Crippen molar-refractivity contribution in [1.29, 1.82) is 5.26 Å². The molecular formula is C22H20F4N4O2S. The summed E-state index contributed by atoms with van der Waals surface area (Å²) in [6.07, 6.45) is -2.26. The molecule has 1 aliphatic carbocycles. The lowest BCUT2D eigenvalue weighted by Gasteiger charge is -2.17. The van der Waals surface area contributed by atoms with Crippen LogP contribution in [0.1, 0.15) is 32.3 Å². The molecule has 0 amide bonds. The lowest BCUT2D eigenvalue weighted by atomic mass is 10.1. The second-order valence-electron chi connectivity index (χ2n) is 8.12. The Kier molecular flexibility index (Phi) is 5.37. The smallest absolute Gasteiger partial charge is 0.338 e. The first-order chi connectivity index (χ1) is 15.7. The van der Waals surface area contributed by atoms with E-state index in [1.54, 1.807) is 13.0 Å². The number of nitriles is 1. The highest BCUT2D eigenvalue weighted by Gasteiger charge is 2.39. The zero-order chi connectivity index (χ0) is 25.1. The van der Waals surface area contributed by atoms with Crippen LogP contribution in [0.4, 0.5) is 17.6 Å². The highest BCUT2D eigenvalue weighted by Crippen LogP contribution is 2.38. The molecule has 11 heteroatoms. The number of hydrogen-bond donors (Lipinski definition) is 1. The van der Waals surface area contributed by atoms with Crippen molar-refractivity contribution in [2.45, 2.75) is 50.3 Å². The van der Waals surface area contributed by atoms with Gasteiger partial charge >= 0.3 is 6.18 Å². The lowest BCUT2D eigenvalue weighted by molar-refractivity contribution is -0.147. The van der Waals surface area contributed by atoms with E-state index in [2.05, 4.69) is 11.1 Å². The number of rotatable bonds is 6. The predicted octanol–water partition coefficient (Wildman–Crippen LogP) is 4.66. The fourth-order valence-corrected chi connectivity index (χ4v) is 4.67. The molecule has 2 heterocycles. The number of nitrogens with zero attached hydrogens (tertiary/aromatic N) is 3. The van der Waals surface area contributed by atoms with Gasteiger partial charge in [0.15, 0.2) is 0 Å². The Bertz CT molecular complexity index is 1420. The maximum absolute atomic E-state index is 14.3. The van der Waals surface area contributed by atoms with Crippen molar-refractivity contribution in [3.05, 3.63) is 47.4 Å². The molecule has 1 N–H and O–H groups in total. The Morgan fingerprint density at radius 2 is 2.06 bits per heavy atom. The summed E-state index contributed by atoms with van der Waals surface area (Å²) in [7, 11) is -4.71. The van der Waals surface area contributed by atoms with E-state index in [1.165, 1.54) is 16.9 Å². The zero-order valence-corrected chi connectivity index (χ0v) is 18.5. The van der Waals surface area contributed by atoms with Crippen LogP contribution in [0.3, 0.4) is 0 Å². The van der Waals surface area contributed by atoms with Gasteiger partial charge in [0.05, 0.1) is 23.8 Å². The minimum absolute atomic E-state index is 0.173. The SMILES string of the molecule is [2H]C(C)(NS(=O)(=O)c1ccc(-c2c(C#N)c3cc(F)c(C)cc3n2CC2CC2)nc1)C(F)(F)F. The maximum Gasteiger partial charge on any atom is 0.404 e. The molecule has 0 bridgehead atoms. The Hall–Kier alpha value is -2.97. The predicted molar refractivity (Wildman–Crippen MR) is 113 cm³/mol. The molecule has 1 aromatic carbocycles. The van der Waals surface area contributed by atoms with Gasteiger partial charge in [-0.2, -0.15) is 23.2 Å². The van der Waals surface area contributed by atoms with Gasteiger partial charge < -0.3 is 4.57 Å². The molecule has 0 saturated heterocycles. The van der Waals surface area contributed by atoms with E-state index in [1.807, 2.05) is 4.57 Å². The van der Waals surface area contributed by atoms with E-state index in [9.17, 15) is 31.2 Å². The highest BCUT2D eigenvalue weighted by atomic mass is 32.2. The van der Waals surface area contributed by atoms with Crippen LogP contribution < -0.4 is 4.72 Å². The van der Waals surface area contributed by atoms with E-state index < -0.39 is 32.9 Å². The quantitative estimate of drug-likeness (QED) is 0.519. The van der Waals surface area contributed by atoms with Crippen LogP contribution in [-0.4, -0.2) is 30.2 Å². The fraction of sp³-hybridized carbons (Fsp3) is 0.364. The van der Waals surface area contributed by atoms with E-state index in [0.717, 1.165) is 25.1 Å². The third-order valence-corrected chi connectivity index (χ3v) is 7.03. The number of halogens is 4. The molecule has 33 heavy (non-hydrogen) atoms. The zero-order valence-electron chi connectivity index (χ0n) is 18.7. The van der Waals surface area contributed by atoms with Gasteiger partial charge in [0.1, 0.15) is 22.8 Å². The summed E-state index contributed by atoms with van der Waals surface area (Å²) < 4.78 is 88.5. The number of benzene rings is 1. The second-order valence-corrected chi connectivity index (χ2v) is 9.80. The Morgan fingerprint density at radius 3 is 2.61 bits per heavy atom. The van der Waals surface area contributed by atoms with Crippen molar-refractivity contribution < 1.29 is 27.4 Å². The molecule has 1 fully saturated rings. The van der Waals surface area contributed by atoms with Gasteiger partial charge in [-0.15, -0.1) is 0 Å². The van der Waals surface area contributed by atoms with E-state index in [4.69, 9.17) is 1.37 Å².